The van der Waals surface area contributed by atoms with Gasteiger partial charge in [0.1, 0.15) is 0 Å². The van der Waals surface area contributed by atoms with Crippen LogP contribution in [0.4, 0.5) is 0 Å². The lowest BCUT2D eigenvalue weighted by molar-refractivity contribution is -0.253. The van der Waals surface area contributed by atoms with Crippen molar-refractivity contribution in [3.05, 3.63) is 21.9 Å². The molecule has 1 aromatic rings. The molecule has 1 unspecified atom stereocenters. The molecule has 1 aliphatic rings. The molecule has 0 spiro atoms. The predicted octanol–water partition coefficient (Wildman–Crippen LogP) is 2.73. The lowest BCUT2D eigenvalue weighted by Gasteiger charge is -2.36. The topological polar surface area (TPSA) is 30.5 Å². The first-order chi connectivity index (χ1) is 8.44. The van der Waals surface area contributed by atoms with E-state index in [9.17, 15) is 0 Å². The Balaban J connectivity index is 1.76. The Morgan fingerprint density at radius 3 is 2.61 bits per heavy atom. The van der Waals surface area contributed by atoms with Gasteiger partial charge in [0, 0.05) is 15.8 Å². The standard InChI is InChI=1S/C14H23NO2S/c1-10(7-13-6-5-11(2)18-13)15-12-8-16-14(3,4)17-9-12/h5-6,10,12,15H,7-9H2,1-4H3. The van der Waals surface area contributed by atoms with Gasteiger partial charge in [0.25, 0.3) is 0 Å². The van der Waals surface area contributed by atoms with Crippen LogP contribution in [0.3, 0.4) is 0 Å². The maximum Gasteiger partial charge on any atom is 0.162 e. The minimum atomic E-state index is -0.424. The van der Waals surface area contributed by atoms with Crippen molar-refractivity contribution in [2.75, 3.05) is 13.2 Å². The van der Waals surface area contributed by atoms with Crippen molar-refractivity contribution in [2.24, 2.45) is 0 Å². The zero-order chi connectivity index (χ0) is 13.2. The van der Waals surface area contributed by atoms with Crippen molar-refractivity contribution < 1.29 is 9.47 Å². The van der Waals surface area contributed by atoms with E-state index < -0.39 is 5.79 Å². The molecule has 0 bridgehead atoms. The smallest absolute Gasteiger partial charge is 0.162 e. The van der Waals surface area contributed by atoms with Crippen LogP contribution in [0.5, 0.6) is 0 Å². The van der Waals surface area contributed by atoms with Crippen LogP contribution in [0.25, 0.3) is 0 Å². The zero-order valence-corrected chi connectivity index (χ0v) is 12.5. The van der Waals surface area contributed by atoms with Crippen molar-refractivity contribution in [3.8, 4) is 0 Å². The number of aryl methyl sites for hydroxylation is 1. The van der Waals surface area contributed by atoms with E-state index in [-0.39, 0.29) is 0 Å². The van der Waals surface area contributed by atoms with Gasteiger partial charge in [-0.25, -0.2) is 0 Å². The minimum Gasteiger partial charge on any atom is -0.349 e. The van der Waals surface area contributed by atoms with Crippen LogP contribution in [-0.4, -0.2) is 31.1 Å². The van der Waals surface area contributed by atoms with Gasteiger partial charge >= 0.3 is 0 Å². The molecule has 2 heterocycles. The average molecular weight is 269 g/mol. The van der Waals surface area contributed by atoms with E-state index in [2.05, 4.69) is 31.3 Å². The molecule has 1 aliphatic heterocycles. The Kier molecular flexibility index (Phi) is 4.43. The first kappa shape index (κ1) is 14.0. The summed E-state index contributed by atoms with van der Waals surface area (Å²) >= 11 is 1.88. The number of rotatable bonds is 4. The Hall–Kier alpha value is -0.420. The molecule has 0 radical (unpaired) electrons. The highest BCUT2D eigenvalue weighted by Crippen LogP contribution is 2.19. The van der Waals surface area contributed by atoms with Crippen LogP contribution in [0.2, 0.25) is 0 Å². The van der Waals surface area contributed by atoms with Gasteiger partial charge < -0.3 is 14.8 Å². The van der Waals surface area contributed by atoms with Crippen LogP contribution in [-0.2, 0) is 15.9 Å². The molecular weight excluding hydrogens is 246 g/mol. The Labute approximate surface area is 113 Å². The summed E-state index contributed by atoms with van der Waals surface area (Å²) in [6.07, 6.45) is 1.07. The number of ether oxygens (including phenoxy) is 2. The van der Waals surface area contributed by atoms with Crippen LogP contribution in [0.1, 0.15) is 30.5 Å². The number of nitrogens with one attached hydrogen (secondary N) is 1. The van der Waals surface area contributed by atoms with Gasteiger partial charge in [-0.1, -0.05) is 0 Å². The van der Waals surface area contributed by atoms with E-state index in [1.165, 1.54) is 9.75 Å². The fourth-order valence-electron chi connectivity index (χ4n) is 2.15. The Bertz CT molecular complexity index is 379. The predicted molar refractivity (Wildman–Crippen MR) is 75.1 cm³/mol. The lowest BCUT2D eigenvalue weighted by Crippen LogP contribution is -2.51. The molecular formula is C14H23NO2S. The fourth-order valence-corrected chi connectivity index (χ4v) is 3.17. The van der Waals surface area contributed by atoms with Gasteiger partial charge in [-0.2, -0.15) is 0 Å². The molecule has 1 fully saturated rings. The second-order valence-electron chi connectivity index (χ2n) is 5.50. The molecule has 1 atom stereocenters. The molecule has 1 N–H and O–H groups in total. The van der Waals surface area contributed by atoms with E-state index in [1.54, 1.807) is 0 Å². The van der Waals surface area contributed by atoms with E-state index in [0.717, 1.165) is 19.6 Å². The second kappa shape index (κ2) is 5.70. The van der Waals surface area contributed by atoms with Crippen molar-refractivity contribution >= 4 is 11.3 Å². The zero-order valence-electron chi connectivity index (χ0n) is 11.7. The summed E-state index contributed by atoms with van der Waals surface area (Å²) in [5.41, 5.74) is 0. The summed E-state index contributed by atoms with van der Waals surface area (Å²) in [4.78, 5) is 2.81. The normalized spacial score (nSPS) is 22.0. The molecule has 0 amide bonds. The van der Waals surface area contributed by atoms with E-state index >= 15 is 0 Å². The third-order valence-corrected chi connectivity index (χ3v) is 4.11. The molecule has 102 valence electrons. The Morgan fingerprint density at radius 1 is 1.39 bits per heavy atom. The Morgan fingerprint density at radius 2 is 2.06 bits per heavy atom. The molecule has 1 saturated heterocycles. The van der Waals surface area contributed by atoms with Gasteiger partial charge in [-0.3, -0.25) is 0 Å². The quantitative estimate of drug-likeness (QED) is 0.911. The van der Waals surface area contributed by atoms with E-state index in [1.807, 2.05) is 25.2 Å². The van der Waals surface area contributed by atoms with Crippen LogP contribution in [0.15, 0.2) is 12.1 Å². The van der Waals surface area contributed by atoms with Gasteiger partial charge in [-0.15, -0.1) is 11.3 Å². The van der Waals surface area contributed by atoms with Gasteiger partial charge in [0.15, 0.2) is 5.79 Å². The minimum absolute atomic E-state index is 0.300. The van der Waals surface area contributed by atoms with Crippen LogP contribution in [0, 0.1) is 6.92 Å². The van der Waals surface area contributed by atoms with Gasteiger partial charge in [0.05, 0.1) is 19.3 Å². The van der Waals surface area contributed by atoms with Crippen molar-refractivity contribution in [1.82, 2.24) is 5.32 Å². The molecule has 0 saturated carbocycles. The number of hydrogen-bond donors (Lipinski definition) is 1. The molecule has 3 nitrogen and oxygen atoms in total. The first-order valence-electron chi connectivity index (χ1n) is 6.54. The molecule has 2 rings (SSSR count). The highest BCUT2D eigenvalue weighted by molar-refractivity contribution is 7.11. The van der Waals surface area contributed by atoms with Crippen molar-refractivity contribution in [1.29, 1.82) is 0 Å². The number of hydrogen-bond acceptors (Lipinski definition) is 4. The largest absolute Gasteiger partial charge is 0.349 e. The number of thiophene rings is 1. The third-order valence-electron chi connectivity index (χ3n) is 3.09. The first-order valence-corrected chi connectivity index (χ1v) is 7.35. The monoisotopic (exact) mass is 269 g/mol. The SMILES string of the molecule is Cc1ccc(CC(C)NC2COC(C)(C)OC2)s1. The van der Waals surface area contributed by atoms with Gasteiger partial charge in [-0.05, 0) is 46.2 Å². The van der Waals surface area contributed by atoms with E-state index in [0.29, 0.717) is 12.1 Å². The third kappa shape index (κ3) is 4.05. The second-order valence-corrected chi connectivity index (χ2v) is 6.88. The summed E-state index contributed by atoms with van der Waals surface area (Å²) < 4.78 is 11.3. The summed E-state index contributed by atoms with van der Waals surface area (Å²) in [7, 11) is 0. The summed E-state index contributed by atoms with van der Waals surface area (Å²) in [5, 5.41) is 3.57. The molecule has 4 heteroatoms. The van der Waals surface area contributed by atoms with Crippen LogP contribution < -0.4 is 5.32 Å². The summed E-state index contributed by atoms with van der Waals surface area (Å²) in [6, 6.07) is 5.15. The van der Waals surface area contributed by atoms with E-state index in [4.69, 9.17) is 9.47 Å². The molecule has 1 aromatic heterocycles. The molecule has 0 aliphatic carbocycles. The highest BCUT2D eigenvalue weighted by Gasteiger charge is 2.28. The maximum absolute atomic E-state index is 5.65. The molecule has 18 heavy (non-hydrogen) atoms. The summed E-state index contributed by atoms with van der Waals surface area (Å²) in [5.74, 6) is -0.424. The average Bonchev–Trinajstić information content (AvgIpc) is 2.67. The van der Waals surface area contributed by atoms with Crippen molar-refractivity contribution in [2.45, 2.75) is 52.0 Å². The lowest BCUT2D eigenvalue weighted by atomic mass is 10.1. The molecule has 0 aromatic carbocycles. The summed E-state index contributed by atoms with van der Waals surface area (Å²) in [6.45, 7) is 9.73. The van der Waals surface area contributed by atoms with Gasteiger partial charge in [0.2, 0.25) is 0 Å². The fraction of sp³-hybridized carbons (Fsp3) is 0.714. The highest BCUT2D eigenvalue weighted by atomic mass is 32.1. The van der Waals surface area contributed by atoms with Crippen LogP contribution >= 0.6 is 11.3 Å². The maximum atomic E-state index is 5.65. The van der Waals surface area contributed by atoms with Crippen molar-refractivity contribution in [3.63, 3.8) is 0 Å².